The van der Waals surface area contributed by atoms with Gasteiger partial charge in [-0.15, -0.1) is 12.4 Å². The van der Waals surface area contributed by atoms with Gasteiger partial charge in [0.15, 0.2) is 11.5 Å². The molecule has 5 nitrogen and oxygen atoms in total. The molecule has 1 aliphatic heterocycles. The summed E-state index contributed by atoms with van der Waals surface area (Å²) in [5.74, 6) is -0.411. The number of aromatic nitrogens is 1. The molecule has 2 rings (SSSR count). The van der Waals surface area contributed by atoms with Crippen LogP contribution in [0.5, 0.6) is 0 Å². The molecule has 2 heterocycles. The number of hydrogen-bond acceptors (Lipinski definition) is 4. The molecule has 1 aliphatic rings. The molecule has 1 N–H and O–H groups in total. The molecule has 1 saturated heterocycles. The van der Waals surface area contributed by atoms with Gasteiger partial charge in [0.25, 0.3) is 0 Å². The Morgan fingerprint density at radius 2 is 2.20 bits per heavy atom. The molecule has 1 aromatic heterocycles. The molecule has 0 bridgehead atoms. The van der Waals surface area contributed by atoms with E-state index in [9.17, 15) is 4.79 Å². The first-order valence-electron chi connectivity index (χ1n) is 4.67. The Morgan fingerprint density at radius 1 is 1.53 bits per heavy atom. The topological polar surface area (TPSA) is 66.6 Å². The molecule has 0 radical (unpaired) electrons. The summed E-state index contributed by atoms with van der Waals surface area (Å²) >= 11 is 0. The van der Waals surface area contributed by atoms with Gasteiger partial charge in [0, 0.05) is 6.07 Å². The third-order valence-electron chi connectivity index (χ3n) is 2.36. The van der Waals surface area contributed by atoms with Gasteiger partial charge in [-0.1, -0.05) is 5.16 Å². The minimum Gasteiger partial charge on any atom is -0.476 e. The van der Waals surface area contributed by atoms with Crippen molar-refractivity contribution >= 4 is 18.4 Å². The maximum Gasteiger partial charge on any atom is 0.358 e. The third kappa shape index (κ3) is 2.94. The van der Waals surface area contributed by atoms with Gasteiger partial charge < -0.3 is 9.63 Å². The molecule has 0 atom stereocenters. The van der Waals surface area contributed by atoms with Crippen molar-refractivity contribution < 1.29 is 14.4 Å². The predicted molar refractivity (Wildman–Crippen MR) is 55.2 cm³/mol. The molecule has 0 aliphatic carbocycles. The smallest absolute Gasteiger partial charge is 0.358 e. The van der Waals surface area contributed by atoms with E-state index in [1.807, 2.05) is 0 Å². The Balaban J connectivity index is 0.00000112. The highest BCUT2D eigenvalue weighted by Crippen LogP contribution is 2.13. The molecule has 0 spiro atoms. The predicted octanol–water partition coefficient (Wildman–Crippen LogP) is 1.39. The highest BCUT2D eigenvalue weighted by molar-refractivity contribution is 5.85. The fourth-order valence-corrected chi connectivity index (χ4v) is 1.65. The van der Waals surface area contributed by atoms with Crippen molar-refractivity contribution in [2.24, 2.45) is 0 Å². The minimum atomic E-state index is -1.04. The second-order valence-corrected chi connectivity index (χ2v) is 3.47. The maximum atomic E-state index is 10.5. The molecule has 0 amide bonds. The monoisotopic (exact) mass is 232 g/mol. The van der Waals surface area contributed by atoms with E-state index >= 15 is 0 Å². The summed E-state index contributed by atoms with van der Waals surface area (Å²) in [5, 5.41) is 12.1. The van der Waals surface area contributed by atoms with Gasteiger partial charge in [-0.05, 0) is 25.9 Å². The normalized spacial score (nSPS) is 16.3. The highest BCUT2D eigenvalue weighted by atomic mass is 35.5. The molecule has 0 aromatic carbocycles. The zero-order chi connectivity index (χ0) is 9.97. The SMILES string of the molecule is Cl.O=C(O)c1cc(CN2CCCC2)on1. The summed E-state index contributed by atoms with van der Waals surface area (Å²) < 4.78 is 4.92. The van der Waals surface area contributed by atoms with Gasteiger partial charge >= 0.3 is 5.97 Å². The molecule has 1 fully saturated rings. The first-order valence-corrected chi connectivity index (χ1v) is 4.67. The van der Waals surface area contributed by atoms with E-state index in [-0.39, 0.29) is 18.1 Å². The zero-order valence-corrected chi connectivity index (χ0v) is 9.00. The van der Waals surface area contributed by atoms with Crippen molar-refractivity contribution in [2.45, 2.75) is 19.4 Å². The van der Waals surface area contributed by atoms with Crippen molar-refractivity contribution in [2.75, 3.05) is 13.1 Å². The number of nitrogens with zero attached hydrogens (tertiary/aromatic N) is 2. The number of carboxylic acid groups (broad SMARTS) is 1. The number of likely N-dealkylation sites (tertiary alicyclic amines) is 1. The number of rotatable bonds is 3. The number of carbonyl (C=O) groups is 1. The number of aromatic carboxylic acids is 1. The average Bonchev–Trinajstić information content (AvgIpc) is 2.75. The first-order chi connectivity index (χ1) is 6.75. The Labute approximate surface area is 93.4 Å². The summed E-state index contributed by atoms with van der Waals surface area (Å²) in [5.41, 5.74) is -0.0146. The minimum absolute atomic E-state index is 0. The van der Waals surface area contributed by atoms with Crippen LogP contribution in [0.15, 0.2) is 10.6 Å². The van der Waals surface area contributed by atoms with E-state index in [2.05, 4.69) is 10.1 Å². The molecule has 1 aromatic rings. The molecule has 6 heteroatoms. The summed E-state index contributed by atoms with van der Waals surface area (Å²) in [6, 6.07) is 1.49. The van der Waals surface area contributed by atoms with Gasteiger partial charge in [0.2, 0.25) is 0 Å². The lowest BCUT2D eigenvalue weighted by molar-refractivity contribution is 0.0685. The van der Waals surface area contributed by atoms with E-state index < -0.39 is 5.97 Å². The number of hydrogen-bond donors (Lipinski definition) is 1. The highest BCUT2D eigenvalue weighted by Gasteiger charge is 2.16. The van der Waals surface area contributed by atoms with E-state index in [0.717, 1.165) is 13.1 Å². The van der Waals surface area contributed by atoms with Crippen LogP contribution in [0.3, 0.4) is 0 Å². The van der Waals surface area contributed by atoms with Crippen LogP contribution in [-0.4, -0.2) is 34.2 Å². The van der Waals surface area contributed by atoms with Gasteiger partial charge in [-0.3, -0.25) is 4.90 Å². The van der Waals surface area contributed by atoms with E-state index in [1.54, 1.807) is 0 Å². The van der Waals surface area contributed by atoms with Crippen molar-refractivity contribution in [3.8, 4) is 0 Å². The first kappa shape index (κ1) is 12.0. The van der Waals surface area contributed by atoms with Crippen LogP contribution in [0.4, 0.5) is 0 Å². The lowest BCUT2D eigenvalue weighted by Gasteiger charge is -2.10. The third-order valence-corrected chi connectivity index (χ3v) is 2.36. The second-order valence-electron chi connectivity index (χ2n) is 3.47. The van der Waals surface area contributed by atoms with Gasteiger partial charge in [0.05, 0.1) is 6.54 Å². The van der Waals surface area contributed by atoms with Crippen LogP contribution in [0.2, 0.25) is 0 Å². The zero-order valence-electron chi connectivity index (χ0n) is 8.18. The largest absolute Gasteiger partial charge is 0.476 e. The molecular weight excluding hydrogens is 220 g/mol. The van der Waals surface area contributed by atoms with Gasteiger partial charge in [-0.2, -0.15) is 0 Å². The fraction of sp³-hybridized carbons (Fsp3) is 0.556. The van der Waals surface area contributed by atoms with Crippen molar-refractivity contribution in [1.29, 1.82) is 0 Å². The quantitative estimate of drug-likeness (QED) is 0.853. The number of carboxylic acids is 1. The van der Waals surface area contributed by atoms with Crippen molar-refractivity contribution in [1.82, 2.24) is 10.1 Å². The van der Waals surface area contributed by atoms with Crippen molar-refractivity contribution in [3.63, 3.8) is 0 Å². The van der Waals surface area contributed by atoms with Gasteiger partial charge in [-0.25, -0.2) is 4.79 Å². The Hall–Kier alpha value is -1.07. The Morgan fingerprint density at radius 3 is 2.73 bits per heavy atom. The van der Waals surface area contributed by atoms with Crippen molar-refractivity contribution in [3.05, 3.63) is 17.5 Å². The molecule has 84 valence electrons. The van der Waals surface area contributed by atoms with E-state index in [1.165, 1.54) is 18.9 Å². The molecule has 0 unspecified atom stereocenters. The average molecular weight is 233 g/mol. The van der Waals surface area contributed by atoms with E-state index in [4.69, 9.17) is 9.63 Å². The second kappa shape index (κ2) is 5.14. The fourth-order valence-electron chi connectivity index (χ4n) is 1.65. The Bertz CT molecular complexity index is 334. The summed E-state index contributed by atoms with van der Waals surface area (Å²) in [4.78, 5) is 12.7. The summed E-state index contributed by atoms with van der Waals surface area (Å²) in [6.07, 6.45) is 2.42. The standard InChI is InChI=1S/C9H12N2O3.ClH/c12-9(13)8-5-7(14-10-8)6-11-3-1-2-4-11;/h5H,1-4,6H2,(H,12,13);1H. The van der Waals surface area contributed by atoms with Gasteiger partial charge in [0.1, 0.15) is 0 Å². The van der Waals surface area contributed by atoms with E-state index in [0.29, 0.717) is 12.3 Å². The Kier molecular flexibility index (Phi) is 4.11. The molecular formula is C9H13ClN2O3. The number of halogens is 1. The molecule has 15 heavy (non-hydrogen) atoms. The lowest BCUT2D eigenvalue weighted by Crippen LogP contribution is -2.17. The van der Waals surface area contributed by atoms with Crippen LogP contribution in [-0.2, 0) is 6.54 Å². The summed E-state index contributed by atoms with van der Waals surface area (Å²) in [6.45, 7) is 2.78. The van der Waals surface area contributed by atoms with Crippen LogP contribution in [0.1, 0.15) is 29.1 Å². The van der Waals surface area contributed by atoms with Crippen LogP contribution in [0, 0.1) is 0 Å². The lowest BCUT2D eigenvalue weighted by atomic mass is 10.3. The van der Waals surface area contributed by atoms with Crippen LogP contribution < -0.4 is 0 Å². The van der Waals surface area contributed by atoms with Crippen LogP contribution >= 0.6 is 12.4 Å². The summed E-state index contributed by atoms with van der Waals surface area (Å²) in [7, 11) is 0. The molecule has 0 saturated carbocycles. The maximum absolute atomic E-state index is 10.5. The van der Waals surface area contributed by atoms with Crippen LogP contribution in [0.25, 0.3) is 0 Å².